The van der Waals surface area contributed by atoms with Gasteiger partial charge >= 0.3 is 0 Å². The van der Waals surface area contributed by atoms with Gasteiger partial charge in [0.05, 0.1) is 11.7 Å². The van der Waals surface area contributed by atoms with Gasteiger partial charge < -0.3 is 15.0 Å². The zero-order chi connectivity index (χ0) is 16.4. The Morgan fingerprint density at radius 1 is 1.26 bits per heavy atom. The van der Waals surface area contributed by atoms with Gasteiger partial charge in [-0.25, -0.2) is 0 Å². The molecule has 0 radical (unpaired) electrons. The molecule has 126 valence electrons. The van der Waals surface area contributed by atoms with Crippen molar-refractivity contribution in [2.45, 2.75) is 32.8 Å². The maximum Gasteiger partial charge on any atom is 0.257 e. The van der Waals surface area contributed by atoms with Gasteiger partial charge in [0.1, 0.15) is 5.75 Å². The van der Waals surface area contributed by atoms with Crippen LogP contribution in [0.3, 0.4) is 0 Å². The molecule has 2 fully saturated rings. The highest BCUT2D eigenvalue weighted by atomic mass is 35.5. The second-order valence-corrected chi connectivity index (χ2v) is 7.29. The summed E-state index contributed by atoms with van der Waals surface area (Å²) in [5.74, 6) is 2.08. The number of hydrogen-bond donors (Lipinski definition) is 1. The van der Waals surface area contributed by atoms with Crippen molar-refractivity contribution in [3.8, 4) is 5.75 Å². The van der Waals surface area contributed by atoms with Gasteiger partial charge in [-0.1, -0.05) is 11.6 Å². The first kappa shape index (κ1) is 16.6. The Labute approximate surface area is 143 Å². The molecule has 0 saturated carbocycles. The molecule has 2 saturated heterocycles. The fourth-order valence-electron chi connectivity index (χ4n) is 3.62. The first-order chi connectivity index (χ1) is 11.0. The molecule has 3 rings (SSSR count). The van der Waals surface area contributed by atoms with E-state index in [1.54, 1.807) is 18.2 Å². The van der Waals surface area contributed by atoms with Gasteiger partial charge in [-0.3, -0.25) is 4.79 Å². The summed E-state index contributed by atoms with van der Waals surface area (Å²) >= 11 is 6.11. The molecule has 1 aromatic carbocycles. The van der Waals surface area contributed by atoms with Gasteiger partial charge in [-0.15, -0.1) is 0 Å². The molecule has 2 aliphatic rings. The summed E-state index contributed by atoms with van der Waals surface area (Å²) in [7, 11) is 0. The van der Waals surface area contributed by atoms with Crippen LogP contribution in [0, 0.1) is 11.8 Å². The third-order valence-electron chi connectivity index (χ3n) is 4.84. The zero-order valence-electron chi connectivity index (χ0n) is 13.8. The van der Waals surface area contributed by atoms with E-state index in [4.69, 9.17) is 16.3 Å². The number of carbonyl (C=O) groups excluding carboxylic acids is 1. The Morgan fingerprint density at radius 3 is 2.52 bits per heavy atom. The number of nitrogens with one attached hydrogen (secondary N) is 1. The quantitative estimate of drug-likeness (QED) is 0.921. The van der Waals surface area contributed by atoms with E-state index < -0.39 is 0 Å². The number of hydrogen-bond acceptors (Lipinski definition) is 3. The summed E-state index contributed by atoms with van der Waals surface area (Å²) in [4.78, 5) is 15.0. The van der Waals surface area contributed by atoms with E-state index in [0.717, 1.165) is 39.0 Å². The number of ether oxygens (including phenoxy) is 1. The third-order valence-corrected chi connectivity index (χ3v) is 5.08. The van der Waals surface area contributed by atoms with Gasteiger partial charge in [0.2, 0.25) is 0 Å². The summed E-state index contributed by atoms with van der Waals surface area (Å²) in [6, 6.07) is 5.30. The summed E-state index contributed by atoms with van der Waals surface area (Å²) in [6.07, 6.45) is 2.17. The molecular weight excluding hydrogens is 312 g/mol. The van der Waals surface area contributed by atoms with Crippen LogP contribution in [0.5, 0.6) is 5.75 Å². The van der Waals surface area contributed by atoms with Crippen LogP contribution in [-0.4, -0.2) is 43.1 Å². The number of nitrogens with zero attached hydrogens (tertiary/aromatic N) is 1. The van der Waals surface area contributed by atoms with Crippen LogP contribution >= 0.6 is 11.6 Å². The number of rotatable bonds is 3. The lowest BCUT2D eigenvalue weighted by Crippen LogP contribution is -2.33. The molecule has 0 aromatic heterocycles. The molecule has 4 nitrogen and oxygen atoms in total. The highest BCUT2D eigenvalue weighted by Gasteiger charge is 2.32. The molecule has 1 N–H and O–H groups in total. The summed E-state index contributed by atoms with van der Waals surface area (Å²) in [6.45, 7) is 7.73. The smallest absolute Gasteiger partial charge is 0.257 e. The zero-order valence-corrected chi connectivity index (χ0v) is 14.6. The van der Waals surface area contributed by atoms with Crippen molar-refractivity contribution < 1.29 is 9.53 Å². The standard InChI is InChI=1S/C18H25ClN2O2/c1-12(2)23-17-4-3-15(19)9-16(17)18(22)21-7-5-13-10-20-11-14(13)6-8-21/h3-4,9,12-14,20H,5-8,10-11H2,1-2H3/t13-,14+. The molecule has 0 spiro atoms. The van der Waals surface area contributed by atoms with Crippen LogP contribution in [0.15, 0.2) is 18.2 Å². The predicted molar refractivity (Wildman–Crippen MR) is 92.2 cm³/mol. The van der Waals surface area contributed by atoms with Gasteiger partial charge in [0.25, 0.3) is 5.91 Å². The maximum absolute atomic E-state index is 13.0. The average Bonchev–Trinajstić information content (AvgIpc) is 2.87. The van der Waals surface area contributed by atoms with Crippen molar-refractivity contribution in [2.75, 3.05) is 26.2 Å². The second-order valence-electron chi connectivity index (χ2n) is 6.86. The SMILES string of the molecule is CC(C)Oc1ccc(Cl)cc1C(=O)N1CC[C@@H]2CNC[C@@H]2CC1. The minimum atomic E-state index is 0.0253. The van der Waals surface area contributed by atoms with Crippen molar-refractivity contribution in [2.24, 2.45) is 11.8 Å². The highest BCUT2D eigenvalue weighted by molar-refractivity contribution is 6.31. The van der Waals surface area contributed by atoms with Gasteiger partial charge in [-0.2, -0.15) is 0 Å². The van der Waals surface area contributed by atoms with Crippen molar-refractivity contribution in [3.63, 3.8) is 0 Å². The molecule has 5 heteroatoms. The Morgan fingerprint density at radius 2 is 1.91 bits per heavy atom. The number of amides is 1. The number of benzene rings is 1. The number of halogens is 1. The van der Waals surface area contributed by atoms with Crippen LogP contribution in [-0.2, 0) is 0 Å². The van der Waals surface area contributed by atoms with Gasteiger partial charge in [0.15, 0.2) is 0 Å². The Kier molecular flexibility index (Phi) is 5.12. The predicted octanol–water partition coefficient (Wildman–Crippen LogP) is 3.20. The molecule has 1 aromatic rings. The lowest BCUT2D eigenvalue weighted by molar-refractivity contribution is 0.0752. The summed E-state index contributed by atoms with van der Waals surface area (Å²) in [5, 5.41) is 4.03. The van der Waals surface area contributed by atoms with E-state index in [1.165, 1.54) is 0 Å². The van der Waals surface area contributed by atoms with E-state index in [-0.39, 0.29) is 12.0 Å². The molecule has 2 heterocycles. The molecule has 0 aliphatic carbocycles. The van der Waals surface area contributed by atoms with E-state index in [0.29, 0.717) is 28.2 Å². The Bertz CT molecular complexity index is 562. The Hall–Kier alpha value is -1.26. The molecule has 2 aliphatic heterocycles. The van der Waals surface area contributed by atoms with E-state index in [9.17, 15) is 4.79 Å². The van der Waals surface area contributed by atoms with Crippen molar-refractivity contribution in [3.05, 3.63) is 28.8 Å². The molecule has 2 atom stereocenters. The van der Waals surface area contributed by atoms with Crippen molar-refractivity contribution in [1.29, 1.82) is 0 Å². The molecular formula is C18H25ClN2O2. The normalized spacial score (nSPS) is 24.4. The van der Waals surface area contributed by atoms with Crippen LogP contribution in [0.1, 0.15) is 37.0 Å². The maximum atomic E-state index is 13.0. The minimum Gasteiger partial charge on any atom is -0.490 e. The number of carbonyl (C=O) groups is 1. The molecule has 1 amide bonds. The second kappa shape index (κ2) is 7.10. The van der Waals surface area contributed by atoms with Gasteiger partial charge in [0, 0.05) is 18.1 Å². The number of likely N-dealkylation sites (tertiary alicyclic amines) is 1. The fraction of sp³-hybridized carbons (Fsp3) is 0.611. The first-order valence-electron chi connectivity index (χ1n) is 8.51. The number of fused-ring (bicyclic) bond motifs is 1. The summed E-state index contributed by atoms with van der Waals surface area (Å²) < 4.78 is 5.80. The Balaban J connectivity index is 1.78. The van der Waals surface area contributed by atoms with Crippen molar-refractivity contribution in [1.82, 2.24) is 10.2 Å². The molecule has 0 bridgehead atoms. The van der Waals surface area contributed by atoms with E-state index >= 15 is 0 Å². The van der Waals surface area contributed by atoms with Crippen LogP contribution < -0.4 is 10.1 Å². The minimum absolute atomic E-state index is 0.0253. The van der Waals surface area contributed by atoms with E-state index in [1.807, 2.05) is 18.7 Å². The monoisotopic (exact) mass is 336 g/mol. The van der Waals surface area contributed by atoms with Crippen LogP contribution in [0.4, 0.5) is 0 Å². The lowest BCUT2D eigenvalue weighted by Gasteiger charge is -2.23. The molecule has 0 unspecified atom stereocenters. The first-order valence-corrected chi connectivity index (χ1v) is 8.88. The topological polar surface area (TPSA) is 41.6 Å². The van der Waals surface area contributed by atoms with Gasteiger partial charge in [-0.05, 0) is 69.8 Å². The highest BCUT2D eigenvalue weighted by Crippen LogP contribution is 2.30. The fourth-order valence-corrected chi connectivity index (χ4v) is 3.79. The third kappa shape index (κ3) is 3.81. The molecule has 23 heavy (non-hydrogen) atoms. The average molecular weight is 337 g/mol. The van der Waals surface area contributed by atoms with Crippen LogP contribution in [0.25, 0.3) is 0 Å². The lowest BCUT2D eigenvalue weighted by atomic mass is 9.92. The largest absolute Gasteiger partial charge is 0.490 e. The van der Waals surface area contributed by atoms with Crippen LogP contribution in [0.2, 0.25) is 5.02 Å². The summed E-state index contributed by atoms with van der Waals surface area (Å²) in [5.41, 5.74) is 0.580. The van der Waals surface area contributed by atoms with Crippen molar-refractivity contribution >= 4 is 17.5 Å². The van der Waals surface area contributed by atoms with E-state index in [2.05, 4.69) is 5.32 Å².